The molecular formula is C22H17N5O2S. The first-order valence-corrected chi connectivity index (χ1v) is 10.1. The van der Waals surface area contributed by atoms with Gasteiger partial charge in [-0.3, -0.25) is 9.78 Å². The molecular weight excluding hydrogens is 398 g/mol. The number of fused-ring (bicyclic) bond motifs is 2. The summed E-state index contributed by atoms with van der Waals surface area (Å²) in [5.74, 6) is 1.95. The number of rotatable bonds is 4. The van der Waals surface area contributed by atoms with Crippen molar-refractivity contribution in [3.8, 4) is 17.1 Å². The van der Waals surface area contributed by atoms with Gasteiger partial charge in [0.05, 0.1) is 22.8 Å². The molecule has 3 heterocycles. The number of methoxy groups -OCH3 is 1. The van der Waals surface area contributed by atoms with Crippen LogP contribution in [0.1, 0.15) is 0 Å². The van der Waals surface area contributed by atoms with E-state index in [-0.39, 0.29) is 4.87 Å². The van der Waals surface area contributed by atoms with E-state index in [1.165, 1.54) is 11.3 Å². The summed E-state index contributed by atoms with van der Waals surface area (Å²) in [6, 6.07) is 15.3. The van der Waals surface area contributed by atoms with E-state index < -0.39 is 0 Å². The lowest BCUT2D eigenvalue weighted by molar-refractivity contribution is 0.415. The molecule has 0 unspecified atom stereocenters. The minimum absolute atomic E-state index is 0.0123. The molecule has 0 aliphatic rings. The van der Waals surface area contributed by atoms with E-state index in [1.807, 2.05) is 48.5 Å². The van der Waals surface area contributed by atoms with Crippen LogP contribution in [-0.2, 0) is 7.05 Å². The first kappa shape index (κ1) is 18.3. The lowest BCUT2D eigenvalue weighted by atomic mass is 10.2. The number of benzene rings is 2. The third-order valence-electron chi connectivity index (χ3n) is 4.88. The Morgan fingerprint density at radius 1 is 1.10 bits per heavy atom. The molecule has 30 heavy (non-hydrogen) atoms. The number of nitrogens with zero attached hydrogens (tertiary/aromatic N) is 4. The Morgan fingerprint density at radius 3 is 2.80 bits per heavy atom. The predicted octanol–water partition coefficient (Wildman–Crippen LogP) is 4.36. The molecule has 0 fully saturated rings. The topological polar surface area (TPSA) is 81.9 Å². The number of anilines is 2. The predicted molar refractivity (Wildman–Crippen MR) is 120 cm³/mol. The van der Waals surface area contributed by atoms with Gasteiger partial charge in [0.25, 0.3) is 0 Å². The highest BCUT2D eigenvalue weighted by Gasteiger charge is 2.12. The van der Waals surface area contributed by atoms with Crippen molar-refractivity contribution in [2.45, 2.75) is 0 Å². The maximum Gasteiger partial charge on any atom is 0.307 e. The third kappa shape index (κ3) is 3.17. The molecule has 0 bridgehead atoms. The first-order chi connectivity index (χ1) is 14.6. The van der Waals surface area contributed by atoms with Gasteiger partial charge in [0.2, 0.25) is 0 Å². The molecule has 0 saturated carbocycles. The Labute approximate surface area is 175 Å². The standard InChI is InChI=1S/C22H17N5O2S/c1-27-18-10-14(5-8-19(18)30-22(27)28)24-21-16-11-15(29-2)6-7-17(16)25-20(26-21)13-4-3-9-23-12-13/h3-12H,1-2H3,(H,24,25,26). The van der Waals surface area contributed by atoms with Gasteiger partial charge in [0.1, 0.15) is 11.6 Å². The van der Waals surface area contributed by atoms with Gasteiger partial charge >= 0.3 is 4.87 Å². The Kier molecular flexibility index (Phi) is 4.40. The quantitative estimate of drug-likeness (QED) is 0.470. The molecule has 0 saturated heterocycles. The second-order valence-corrected chi connectivity index (χ2v) is 7.75. The van der Waals surface area contributed by atoms with Crippen LogP contribution in [0.4, 0.5) is 11.5 Å². The summed E-state index contributed by atoms with van der Waals surface area (Å²) in [5.41, 5.74) is 3.32. The molecule has 0 aliphatic heterocycles. The zero-order valence-corrected chi connectivity index (χ0v) is 17.1. The highest BCUT2D eigenvalue weighted by Crippen LogP contribution is 2.31. The maximum absolute atomic E-state index is 12.0. The van der Waals surface area contributed by atoms with Gasteiger partial charge in [-0.15, -0.1) is 0 Å². The fourth-order valence-corrected chi connectivity index (χ4v) is 4.15. The fourth-order valence-electron chi connectivity index (χ4n) is 3.30. The van der Waals surface area contributed by atoms with E-state index in [4.69, 9.17) is 14.7 Å². The van der Waals surface area contributed by atoms with Crippen molar-refractivity contribution in [1.29, 1.82) is 0 Å². The number of thiazole rings is 1. The Bertz CT molecular complexity index is 1440. The zero-order valence-electron chi connectivity index (χ0n) is 16.3. The number of nitrogens with one attached hydrogen (secondary N) is 1. The van der Waals surface area contributed by atoms with Gasteiger partial charge in [-0.1, -0.05) is 11.3 Å². The molecule has 5 aromatic rings. The lowest BCUT2D eigenvalue weighted by Crippen LogP contribution is -2.06. The number of hydrogen-bond acceptors (Lipinski definition) is 7. The molecule has 0 amide bonds. The Morgan fingerprint density at radius 2 is 2.00 bits per heavy atom. The van der Waals surface area contributed by atoms with Gasteiger partial charge in [0, 0.05) is 36.1 Å². The van der Waals surface area contributed by atoms with E-state index in [0.29, 0.717) is 11.6 Å². The largest absolute Gasteiger partial charge is 0.497 e. The molecule has 0 spiro atoms. The summed E-state index contributed by atoms with van der Waals surface area (Å²) in [6.07, 6.45) is 3.45. The van der Waals surface area contributed by atoms with Crippen molar-refractivity contribution >= 4 is 44.0 Å². The monoisotopic (exact) mass is 415 g/mol. The molecule has 3 aromatic heterocycles. The SMILES string of the molecule is COc1ccc2nc(-c3cccnc3)nc(Nc3ccc4sc(=O)n(C)c4c3)c2c1. The average Bonchev–Trinajstić information content (AvgIpc) is 3.07. The zero-order chi connectivity index (χ0) is 20.7. The Hall–Kier alpha value is -3.78. The number of ether oxygens (including phenoxy) is 1. The van der Waals surface area contributed by atoms with Gasteiger partial charge < -0.3 is 14.6 Å². The molecule has 1 N–H and O–H groups in total. The van der Waals surface area contributed by atoms with Crippen molar-refractivity contribution in [1.82, 2.24) is 19.5 Å². The summed E-state index contributed by atoms with van der Waals surface area (Å²) >= 11 is 1.23. The number of aryl methyl sites for hydroxylation is 1. The molecule has 0 aliphatic carbocycles. The minimum Gasteiger partial charge on any atom is -0.497 e. The van der Waals surface area contributed by atoms with Crippen LogP contribution in [0.3, 0.4) is 0 Å². The van der Waals surface area contributed by atoms with Crippen LogP contribution in [0.2, 0.25) is 0 Å². The highest BCUT2D eigenvalue weighted by molar-refractivity contribution is 7.16. The maximum atomic E-state index is 12.0. The summed E-state index contributed by atoms with van der Waals surface area (Å²) in [4.78, 5) is 25.6. The smallest absolute Gasteiger partial charge is 0.307 e. The van der Waals surface area contributed by atoms with E-state index in [9.17, 15) is 4.79 Å². The van der Waals surface area contributed by atoms with Crippen molar-refractivity contribution < 1.29 is 4.74 Å². The van der Waals surface area contributed by atoms with Crippen LogP contribution in [0.25, 0.3) is 32.5 Å². The lowest BCUT2D eigenvalue weighted by Gasteiger charge is -2.12. The normalized spacial score (nSPS) is 11.1. The van der Waals surface area contributed by atoms with Crippen molar-refractivity contribution in [3.05, 3.63) is 70.6 Å². The molecule has 2 aromatic carbocycles. The van der Waals surface area contributed by atoms with Crippen molar-refractivity contribution in [2.24, 2.45) is 7.05 Å². The number of pyridine rings is 1. The summed E-state index contributed by atoms with van der Waals surface area (Å²) in [5, 5.41) is 4.23. The molecule has 148 valence electrons. The van der Waals surface area contributed by atoms with Crippen molar-refractivity contribution in [2.75, 3.05) is 12.4 Å². The van der Waals surface area contributed by atoms with E-state index in [0.717, 1.165) is 38.1 Å². The average molecular weight is 415 g/mol. The van der Waals surface area contributed by atoms with E-state index >= 15 is 0 Å². The first-order valence-electron chi connectivity index (χ1n) is 9.25. The molecule has 0 atom stereocenters. The van der Waals surface area contributed by atoms with Gasteiger partial charge in [0.15, 0.2) is 5.82 Å². The van der Waals surface area contributed by atoms with Crippen LogP contribution in [0, 0.1) is 0 Å². The van der Waals surface area contributed by atoms with E-state index in [2.05, 4.69) is 10.3 Å². The van der Waals surface area contributed by atoms with Crippen LogP contribution in [0.5, 0.6) is 5.75 Å². The highest BCUT2D eigenvalue weighted by atomic mass is 32.1. The van der Waals surface area contributed by atoms with Crippen LogP contribution in [0.15, 0.2) is 65.7 Å². The minimum atomic E-state index is 0.0123. The number of aromatic nitrogens is 4. The second kappa shape index (κ2) is 7.23. The van der Waals surface area contributed by atoms with Crippen LogP contribution >= 0.6 is 11.3 Å². The summed E-state index contributed by atoms with van der Waals surface area (Å²) < 4.78 is 7.98. The molecule has 5 rings (SSSR count). The van der Waals surface area contributed by atoms with Crippen LogP contribution < -0.4 is 14.9 Å². The van der Waals surface area contributed by atoms with Crippen molar-refractivity contribution in [3.63, 3.8) is 0 Å². The second-order valence-electron chi connectivity index (χ2n) is 6.76. The summed E-state index contributed by atoms with van der Waals surface area (Å²) in [6.45, 7) is 0. The summed E-state index contributed by atoms with van der Waals surface area (Å²) in [7, 11) is 3.40. The fraction of sp³-hybridized carbons (Fsp3) is 0.0909. The molecule has 7 nitrogen and oxygen atoms in total. The van der Waals surface area contributed by atoms with Crippen LogP contribution in [-0.4, -0.2) is 26.6 Å². The Balaban J connectivity index is 1.68. The molecule has 0 radical (unpaired) electrons. The third-order valence-corrected chi connectivity index (χ3v) is 5.89. The van der Waals surface area contributed by atoms with Gasteiger partial charge in [-0.05, 0) is 48.5 Å². The molecule has 8 heteroatoms. The van der Waals surface area contributed by atoms with Gasteiger partial charge in [-0.25, -0.2) is 9.97 Å². The van der Waals surface area contributed by atoms with Gasteiger partial charge in [-0.2, -0.15) is 0 Å². The van der Waals surface area contributed by atoms with E-state index in [1.54, 1.807) is 31.1 Å². The number of hydrogen-bond donors (Lipinski definition) is 1.